The quantitative estimate of drug-likeness (QED) is 0.347. The highest BCUT2D eigenvalue weighted by Crippen LogP contribution is 2.60. The van der Waals surface area contributed by atoms with Crippen LogP contribution in [0, 0.1) is 36.0 Å². The number of hydrazone groups is 1. The van der Waals surface area contributed by atoms with Crippen LogP contribution in [0.25, 0.3) is 0 Å². The number of aromatic hydroxyl groups is 1. The number of ether oxygens (including phenoxy) is 2. The van der Waals surface area contributed by atoms with Crippen LogP contribution in [0.2, 0.25) is 0 Å². The van der Waals surface area contributed by atoms with E-state index in [4.69, 9.17) is 9.47 Å². The fourth-order valence-electron chi connectivity index (χ4n) is 7.01. The van der Waals surface area contributed by atoms with Crippen LogP contribution >= 0.6 is 15.9 Å². The predicted octanol–water partition coefficient (Wildman–Crippen LogP) is 4.87. The first-order chi connectivity index (χ1) is 17.8. The average Bonchev–Trinajstić information content (AvgIpc) is 2.86. The Morgan fingerprint density at radius 2 is 1.97 bits per heavy atom. The standard InChI is InChI=1S/C28H31BrN4O4/c1-16-26(29)23(14-36-2)22(12-30)27(32-16)37-15-25(35)33-31-13-20-8-21(3-4-24(20)34)28-9-17-5-18(10-28)7-19(6-17)11-28/h3-4,8,13,17-19,34H,5-7,9-11,14-15H2,1-2H3,(H,33,35)/b31-13+. The van der Waals surface area contributed by atoms with E-state index >= 15 is 0 Å². The van der Waals surface area contributed by atoms with Gasteiger partial charge in [0.15, 0.2) is 6.61 Å². The van der Waals surface area contributed by atoms with E-state index in [9.17, 15) is 15.2 Å². The van der Waals surface area contributed by atoms with Gasteiger partial charge in [0.1, 0.15) is 17.4 Å². The van der Waals surface area contributed by atoms with E-state index in [1.807, 2.05) is 6.07 Å². The Hall–Kier alpha value is -2.96. The number of amides is 1. The van der Waals surface area contributed by atoms with E-state index in [0.717, 1.165) is 17.8 Å². The number of nitrogens with one attached hydrogen (secondary N) is 1. The molecule has 4 aliphatic rings. The van der Waals surface area contributed by atoms with Crippen molar-refractivity contribution in [3.8, 4) is 17.7 Å². The van der Waals surface area contributed by atoms with Crippen LogP contribution in [0.3, 0.4) is 0 Å². The number of phenolic OH excluding ortho intramolecular Hbond substituents is 1. The van der Waals surface area contributed by atoms with Gasteiger partial charge in [0.05, 0.1) is 18.5 Å². The van der Waals surface area contributed by atoms with Gasteiger partial charge in [-0.3, -0.25) is 4.79 Å². The molecular weight excluding hydrogens is 536 g/mol. The molecule has 9 heteroatoms. The molecule has 0 aliphatic heterocycles. The zero-order valence-electron chi connectivity index (χ0n) is 21.1. The Labute approximate surface area is 225 Å². The Bertz CT molecular complexity index is 1250. The minimum absolute atomic E-state index is 0.0651. The number of benzene rings is 1. The van der Waals surface area contributed by atoms with E-state index in [-0.39, 0.29) is 35.8 Å². The molecule has 1 aromatic carbocycles. The maximum absolute atomic E-state index is 12.4. The van der Waals surface area contributed by atoms with Crippen molar-refractivity contribution < 1.29 is 19.4 Å². The third kappa shape index (κ3) is 5.10. The van der Waals surface area contributed by atoms with Crippen molar-refractivity contribution in [2.45, 2.75) is 57.5 Å². The normalized spacial score (nSPS) is 25.8. The SMILES string of the molecule is COCc1c(Br)c(C)nc(OCC(=O)N/N=C/c2cc(C34CC5CC(CC(C5)C3)C4)ccc2O)c1C#N. The molecular formula is C28H31BrN4O4. The Kier molecular flexibility index (Phi) is 7.24. The zero-order valence-corrected chi connectivity index (χ0v) is 22.7. The fraction of sp³-hybridized carbons (Fsp3) is 0.500. The molecule has 4 bridgehead atoms. The first-order valence-corrected chi connectivity index (χ1v) is 13.5. The van der Waals surface area contributed by atoms with Crippen molar-refractivity contribution in [1.29, 1.82) is 5.26 Å². The number of pyridine rings is 1. The van der Waals surface area contributed by atoms with Gasteiger partial charge in [0, 0.05) is 22.7 Å². The largest absolute Gasteiger partial charge is 0.507 e. The summed E-state index contributed by atoms with van der Waals surface area (Å²) in [6.07, 6.45) is 9.28. The van der Waals surface area contributed by atoms with Crippen LogP contribution in [0.1, 0.15) is 66.5 Å². The molecule has 0 radical (unpaired) electrons. The highest BCUT2D eigenvalue weighted by Gasteiger charge is 2.51. The molecule has 0 saturated heterocycles. The minimum Gasteiger partial charge on any atom is -0.507 e. The molecule has 4 aliphatic carbocycles. The van der Waals surface area contributed by atoms with Crippen molar-refractivity contribution in [2.75, 3.05) is 13.7 Å². The van der Waals surface area contributed by atoms with E-state index in [0.29, 0.717) is 21.3 Å². The second-order valence-electron chi connectivity index (χ2n) is 10.8. The number of aromatic nitrogens is 1. The van der Waals surface area contributed by atoms with Crippen molar-refractivity contribution in [2.24, 2.45) is 22.9 Å². The van der Waals surface area contributed by atoms with Crippen LogP contribution in [-0.2, 0) is 21.6 Å². The third-order valence-electron chi connectivity index (χ3n) is 8.18. The number of halogens is 1. The van der Waals surface area contributed by atoms with Crippen LogP contribution in [0.4, 0.5) is 0 Å². The topological polar surface area (TPSA) is 117 Å². The molecule has 194 valence electrons. The number of nitriles is 1. The second kappa shape index (κ2) is 10.4. The molecule has 0 spiro atoms. The molecule has 2 aromatic rings. The van der Waals surface area contributed by atoms with Gasteiger partial charge in [-0.05, 0) is 102 Å². The molecule has 2 N–H and O–H groups in total. The fourth-order valence-corrected chi connectivity index (χ4v) is 7.41. The van der Waals surface area contributed by atoms with Gasteiger partial charge in [-0.15, -0.1) is 0 Å². The van der Waals surface area contributed by atoms with Crippen molar-refractivity contribution in [1.82, 2.24) is 10.4 Å². The van der Waals surface area contributed by atoms with Gasteiger partial charge in [-0.1, -0.05) is 6.07 Å². The second-order valence-corrected chi connectivity index (χ2v) is 11.6. The van der Waals surface area contributed by atoms with E-state index in [1.54, 1.807) is 13.0 Å². The molecule has 8 nitrogen and oxygen atoms in total. The van der Waals surface area contributed by atoms with Crippen molar-refractivity contribution in [3.05, 3.63) is 50.6 Å². The van der Waals surface area contributed by atoms with Crippen LogP contribution in [-0.4, -0.2) is 35.9 Å². The summed E-state index contributed by atoms with van der Waals surface area (Å²) in [5.41, 5.74) is 5.93. The maximum atomic E-state index is 12.4. The monoisotopic (exact) mass is 566 g/mol. The number of carbonyl (C=O) groups excluding carboxylic acids is 1. The van der Waals surface area contributed by atoms with Crippen LogP contribution in [0.5, 0.6) is 11.6 Å². The molecule has 1 aromatic heterocycles. The number of aryl methyl sites for hydroxylation is 1. The van der Waals surface area contributed by atoms with Gasteiger partial charge in [-0.25, -0.2) is 10.4 Å². The molecule has 6 rings (SSSR count). The van der Waals surface area contributed by atoms with Gasteiger partial charge in [-0.2, -0.15) is 10.4 Å². The summed E-state index contributed by atoms with van der Waals surface area (Å²) in [5, 5.41) is 24.1. The molecule has 1 amide bonds. The van der Waals surface area contributed by atoms with Gasteiger partial charge in [0.25, 0.3) is 5.91 Å². The molecule has 0 unspecified atom stereocenters. The first kappa shape index (κ1) is 25.7. The lowest BCUT2D eigenvalue weighted by molar-refractivity contribution is -0.123. The maximum Gasteiger partial charge on any atom is 0.278 e. The van der Waals surface area contributed by atoms with Gasteiger partial charge in [0.2, 0.25) is 5.88 Å². The lowest BCUT2D eigenvalue weighted by atomic mass is 9.48. The predicted molar refractivity (Wildman–Crippen MR) is 141 cm³/mol. The average molecular weight is 567 g/mol. The first-order valence-electron chi connectivity index (χ1n) is 12.7. The number of carbonyl (C=O) groups is 1. The molecule has 37 heavy (non-hydrogen) atoms. The minimum atomic E-state index is -0.507. The highest BCUT2D eigenvalue weighted by atomic mass is 79.9. The Morgan fingerprint density at radius 3 is 2.59 bits per heavy atom. The smallest absolute Gasteiger partial charge is 0.278 e. The molecule has 1 heterocycles. The van der Waals surface area contributed by atoms with Crippen molar-refractivity contribution >= 4 is 28.1 Å². The lowest BCUT2D eigenvalue weighted by Crippen LogP contribution is -2.48. The van der Waals surface area contributed by atoms with Crippen LogP contribution in [0.15, 0.2) is 27.8 Å². The highest BCUT2D eigenvalue weighted by molar-refractivity contribution is 9.10. The third-order valence-corrected chi connectivity index (χ3v) is 9.23. The van der Waals surface area contributed by atoms with Crippen LogP contribution < -0.4 is 10.2 Å². The molecule has 4 saturated carbocycles. The number of phenols is 1. The number of methoxy groups -OCH3 is 1. The Balaban J connectivity index is 1.24. The molecule has 0 atom stereocenters. The summed E-state index contributed by atoms with van der Waals surface area (Å²) in [7, 11) is 1.53. The number of nitrogens with zero attached hydrogens (tertiary/aromatic N) is 3. The summed E-state index contributed by atoms with van der Waals surface area (Å²) in [6.45, 7) is 1.60. The van der Waals surface area contributed by atoms with E-state index in [2.05, 4.69) is 43.6 Å². The van der Waals surface area contributed by atoms with Crippen molar-refractivity contribution in [3.63, 3.8) is 0 Å². The summed E-state index contributed by atoms with van der Waals surface area (Å²) >= 11 is 3.43. The summed E-state index contributed by atoms with van der Waals surface area (Å²) in [6, 6.07) is 7.90. The van der Waals surface area contributed by atoms with Gasteiger partial charge >= 0.3 is 0 Å². The Morgan fingerprint density at radius 1 is 1.30 bits per heavy atom. The van der Waals surface area contributed by atoms with E-state index in [1.165, 1.54) is 57.4 Å². The van der Waals surface area contributed by atoms with E-state index < -0.39 is 5.91 Å². The number of rotatable bonds is 8. The molecule has 4 fully saturated rings. The summed E-state index contributed by atoms with van der Waals surface area (Å²) < 4.78 is 11.4. The summed E-state index contributed by atoms with van der Waals surface area (Å²) in [5.74, 6) is 2.16. The van der Waals surface area contributed by atoms with Gasteiger partial charge < -0.3 is 14.6 Å². The lowest BCUT2D eigenvalue weighted by Gasteiger charge is -2.57. The number of hydrogen-bond donors (Lipinski definition) is 2. The number of hydrogen-bond acceptors (Lipinski definition) is 7. The summed E-state index contributed by atoms with van der Waals surface area (Å²) in [4.78, 5) is 16.7. The zero-order chi connectivity index (χ0) is 26.2.